The molecule has 0 aliphatic carbocycles. The molecule has 2 aliphatic heterocycles. The van der Waals surface area contributed by atoms with E-state index < -0.39 is 5.72 Å². The Labute approximate surface area is 186 Å². The van der Waals surface area contributed by atoms with Crippen LogP contribution in [0.3, 0.4) is 0 Å². The number of rotatable bonds is 5. The summed E-state index contributed by atoms with van der Waals surface area (Å²) in [6, 6.07) is 16.1. The van der Waals surface area contributed by atoms with Crippen molar-refractivity contribution in [2.45, 2.75) is 37.5 Å². The Bertz CT molecular complexity index is 1070. The Kier molecular flexibility index (Phi) is 5.65. The van der Waals surface area contributed by atoms with Crippen molar-refractivity contribution in [3.05, 3.63) is 59.8 Å². The third-order valence-corrected chi connectivity index (χ3v) is 6.70. The Morgan fingerprint density at radius 1 is 1.10 bits per heavy atom. The maximum Gasteiger partial charge on any atom is 0.177 e. The lowest BCUT2D eigenvalue weighted by Gasteiger charge is -2.40. The second-order valence-corrected chi connectivity index (χ2v) is 8.68. The van der Waals surface area contributed by atoms with Crippen molar-refractivity contribution < 1.29 is 14.3 Å². The number of aromatic nitrogens is 1. The van der Waals surface area contributed by atoms with E-state index in [0.717, 1.165) is 72.8 Å². The third-order valence-electron chi connectivity index (χ3n) is 6.37. The number of hydrogen-bond acceptors (Lipinski definition) is 5. The van der Waals surface area contributed by atoms with Crippen molar-refractivity contribution in [3.63, 3.8) is 0 Å². The zero-order valence-corrected chi connectivity index (χ0v) is 18.1. The molecule has 2 aromatic carbocycles. The molecule has 31 heavy (non-hydrogen) atoms. The number of nitrogens with zero attached hydrogens (tertiary/aromatic N) is 2. The van der Waals surface area contributed by atoms with E-state index in [9.17, 15) is 4.79 Å². The normalized spacial score (nSPS) is 22.6. The van der Waals surface area contributed by atoms with Gasteiger partial charge in [-0.3, -0.25) is 14.7 Å². The molecule has 2 saturated heterocycles. The predicted octanol–water partition coefficient (Wildman–Crippen LogP) is 5.10. The molecule has 3 aromatic rings. The summed E-state index contributed by atoms with van der Waals surface area (Å²) in [6.07, 6.45) is 6.37. The highest BCUT2D eigenvalue weighted by Gasteiger charge is 2.42. The van der Waals surface area contributed by atoms with E-state index in [1.807, 2.05) is 18.2 Å². The first kappa shape index (κ1) is 20.4. The summed E-state index contributed by atoms with van der Waals surface area (Å²) in [5.41, 5.74) is 2.39. The van der Waals surface area contributed by atoms with Gasteiger partial charge in [-0.05, 0) is 61.1 Å². The fourth-order valence-electron chi connectivity index (χ4n) is 4.63. The van der Waals surface area contributed by atoms with Crippen molar-refractivity contribution in [3.8, 4) is 16.9 Å². The van der Waals surface area contributed by atoms with E-state index in [1.54, 1.807) is 12.3 Å². The van der Waals surface area contributed by atoms with Crippen LogP contribution in [0.5, 0.6) is 5.75 Å². The molecular formula is C25H25ClN2O3. The highest BCUT2D eigenvalue weighted by atomic mass is 35.5. The Morgan fingerprint density at radius 2 is 1.87 bits per heavy atom. The number of piperidine rings is 1. The van der Waals surface area contributed by atoms with Crippen LogP contribution in [0.25, 0.3) is 22.0 Å². The maximum atomic E-state index is 11.6. The number of benzene rings is 2. The number of halogens is 1. The van der Waals surface area contributed by atoms with Crippen LogP contribution >= 0.6 is 11.6 Å². The topological polar surface area (TPSA) is 51.7 Å². The van der Waals surface area contributed by atoms with Crippen LogP contribution in [0.1, 0.15) is 25.7 Å². The molecule has 0 N–H and O–H groups in total. The first-order valence-electron chi connectivity index (χ1n) is 10.8. The smallest absolute Gasteiger partial charge is 0.177 e. The second kappa shape index (κ2) is 8.58. The molecule has 2 aliphatic rings. The summed E-state index contributed by atoms with van der Waals surface area (Å²) in [6.45, 7) is 2.30. The number of fused-ring (bicyclic) bond motifs is 1. The van der Waals surface area contributed by atoms with Gasteiger partial charge in [0.05, 0.1) is 10.5 Å². The molecule has 0 spiro atoms. The lowest BCUT2D eigenvalue weighted by atomic mass is 10.0. The molecule has 0 amide bonds. The summed E-state index contributed by atoms with van der Waals surface area (Å²) in [5, 5.41) is 1.67. The summed E-state index contributed by atoms with van der Waals surface area (Å²) >= 11 is 6.25. The van der Waals surface area contributed by atoms with E-state index in [-0.39, 0.29) is 6.10 Å². The first-order chi connectivity index (χ1) is 15.2. The molecule has 160 valence electrons. The fraction of sp³-hybridized carbons (Fsp3) is 0.360. The second-order valence-electron chi connectivity index (χ2n) is 8.27. The van der Waals surface area contributed by atoms with Crippen LogP contribution in [0.15, 0.2) is 54.7 Å². The summed E-state index contributed by atoms with van der Waals surface area (Å²) < 4.78 is 12.0. The van der Waals surface area contributed by atoms with Crippen LogP contribution in [-0.2, 0) is 9.53 Å². The monoisotopic (exact) mass is 436 g/mol. The number of aldehydes is 1. The summed E-state index contributed by atoms with van der Waals surface area (Å²) in [7, 11) is 0. The van der Waals surface area contributed by atoms with Crippen LogP contribution in [0, 0.1) is 0 Å². The molecular weight excluding hydrogens is 412 g/mol. The van der Waals surface area contributed by atoms with Gasteiger partial charge in [-0.25, -0.2) is 0 Å². The number of carbonyl (C=O) groups is 1. The molecule has 6 heteroatoms. The van der Waals surface area contributed by atoms with E-state index >= 15 is 0 Å². The number of hydrogen-bond donors (Lipinski definition) is 0. The maximum absolute atomic E-state index is 11.6. The SMILES string of the molecule is O=CC1(N2CCC(Oc3ccc(-c4ccc5c(Cl)ccnc5c4)cc3)CC2)CCCO1. The van der Waals surface area contributed by atoms with Gasteiger partial charge in [-0.2, -0.15) is 0 Å². The van der Waals surface area contributed by atoms with Gasteiger partial charge in [0.15, 0.2) is 12.0 Å². The van der Waals surface area contributed by atoms with E-state index in [0.29, 0.717) is 11.6 Å². The van der Waals surface area contributed by atoms with Crippen molar-refractivity contribution in [1.82, 2.24) is 9.88 Å². The van der Waals surface area contributed by atoms with Crippen LogP contribution < -0.4 is 4.74 Å². The molecule has 5 nitrogen and oxygen atoms in total. The average molecular weight is 437 g/mol. The zero-order valence-electron chi connectivity index (χ0n) is 17.3. The van der Waals surface area contributed by atoms with Gasteiger partial charge in [0.1, 0.15) is 11.9 Å². The van der Waals surface area contributed by atoms with Crippen LogP contribution in [0.4, 0.5) is 0 Å². The van der Waals surface area contributed by atoms with Gasteiger partial charge in [0.25, 0.3) is 0 Å². The third kappa shape index (κ3) is 4.05. The average Bonchev–Trinajstić information content (AvgIpc) is 3.30. The molecule has 5 rings (SSSR count). The molecule has 0 radical (unpaired) electrons. The zero-order chi connectivity index (χ0) is 21.3. The highest BCUT2D eigenvalue weighted by molar-refractivity contribution is 6.35. The number of carbonyl (C=O) groups excluding carboxylic acids is 1. The molecule has 0 saturated carbocycles. The molecule has 2 fully saturated rings. The molecule has 0 bridgehead atoms. The van der Waals surface area contributed by atoms with Crippen molar-refractivity contribution >= 4 is 28.8 Å². The van der Waals surface area contributed by atoms with Gasteiger partial charge >= 0.3 is 0 Å². The van der Waals surface area contributed by atoms with Crippen molar-refractivity contribution in [1.29, 1.82) is 0 Å². The van der Waals surface area contributed by atoms with Gasteiger partial charge in [0.2, 0.25) is 0 Å². The molecule has 1 unspecified atom stereocenters. The minimum atomic E-state index is -0.703. The van der Waals surface area contributed by atoms with Gasteiger partial charge in [-0.15, -0.1) is 0 Å². The molecule has 1 atom stereocenters. The minimum Gasteiger partial charge on any atom is -0.490 e. The number of pyridine rings is 1. The van der Waals surface area contributed by atoms with Crippen molar-refractivity contribution in [2.75, 3.05) is 19.7 Å². The van der Waals surface area contributed by atoms with Gasteiger partial charge in [0, 0.05) is 31.3 Å². The highest BCUT2D eigenvalue weighted by Crippen LogP contribution is 2.32. The van der Waals surface area contributed by atoms with E-state index in [1.165, 1.54) is 0 Å². The largest absolute Gasteiger partial charge is 0.490 e. The Hall–Kier alpha value is -2.47. The Morgan fingerprint density at radius 3 is 2.58 bits per heavy atom. The number of likely N-dealkylation sites (tertiary alicyclic amines) is 1. The lowest BCUT2D eigenvalue weighted by molar-refractivity contribution is -0.156. The van der Waals surface area contributed by atoms with Crippen LogP contribution in [-0.4, -0.2) is 47.7 Å². The van der Waals surface area contributed by atoms with Gasteiger partial charge < -0.3 is 9.47 Å². The quantitative estimate of drug-likeness (QED) is 0.520. The minimum absolute atomic E-state index is 0.152. The first-order valence-corrected chi connectivity index (χ1v) is 11.2. The molecule has 3 heterocycles. The van der Waals surface area contributed by atoms with E-state index in [4.69, 9.17) is 21.1 Å². The lowest BCUT2D eigenvalue weighted by Crippen LogP contribution is -2.54. The van der Waals surface area contributed by atoms with Gasteiger partial charge in [-0.1, -0.05) is 35.9 Å². The predicted molar refractivity (Wildman–Crippen MR) is 121 cm³/mol. The standard InChI is InChI=1S/C25H25ClN2O3/c26-23-8-12-27-24-16-19(4-7-22(23)24)18-2-5-20(6-3-18)31-21-9-13-28(14-10-21)25(17-29)11-1-15-30-25/h2-8,12,16-17,21H,1,9-11,13-15H2. The molecule has 1 aromatic heterocycles. The van der Waals surface area contributed by atoms with E-state index in [2.05, 4.69) is 34.1 Å². The van der Waals surface area contributed by atoms with Crippen LogP contribution in [0.2, 0.25) is 5.02 Å². The Balaban J connectivity index is 1.23. The fourth-order valence-corrected chi connectivity index (χ4v) is 4.84. The summed E-state index contributed by atoms with van der Waals surface area (Å²) in [5.74, 6) is 0.867. The summed E-state index contributed by atoms with van der Waals surface area (Å²) in [4.78, 5) is 18.2. The number of ether oxygens (including phenoxy) is 2. The van der Waals surface area contributed by atoms with Crippen molar-refractivity contribution in [2.24, 2.45) is 0 Å².